The number of nitrogens with zero attached hydrogens (tertiary/aromatic N) is 1. The minimum Gasteiger partial charge on any atom is -0.307 e. The van der Waals surface area contributed by atoms with E-state index in [-0.39, 0.29) is 11.8 Å². The van der Waals surface area contributed by atoms with Gasteiger partial charge in [0.2, 0.25) is 0 Å². The van der Waals surface area contributed by atoms with Gasteiger partial charge < -0.3 is 5.32 Å². The minimum absolute atomic E-state index is 0.0748. The van der Waals surface area contributed by atoms with Gasteiger partial charge in [-0.2, -0.15) is 0 Å². The van der Waals surface area contributed by atoms with Crippen molar-refractivity contribution >= 4 is 25.8 Å². The summed E-state index contributed by atoms with van der Waals surface area (Å²) in [5, 5.41) is 3.22. The smallest absolute Gasteiger partial charge is 0.151 e. The summed E-state index contributed by atoms with van der Waals surface area (Å²) in [4.78, 5) is 4.28. The molecular formula is C10H13BrN2O2S. The molecule has 1 aromatic heterocycles. The van der Waals surface area contributed by atoms with Gasteiger partial charge in [0, 0.05) is 12.6 Å². The SMILES string of the molecule is O=S1(=O)CCC(NCc2cccc(Br)n2)C1. The Labute approximate surface area is 104 Å². The fourth-order valence-electron chi connectivity index (χ4n) is 1.75. The predicted molar refractivity (Wildman–Crippen MR) is 65.8 cm³/mol. The summed E-state index contributed by atoms with van der Waals surface area (Å²) in [5.41, 5.74) is 0.915. The second-order valence-electron chi connectivity index (χ2n) is 3.93. The maximum Gasteiger partial charge on any atom is 0.151 e. The van der Waals surface area contributed by atoms with E-state index in [1.54, 1.807) is 0 Å². The standard InChI is InChI=1S/C10H13BrN2O2S/c11-10-3-1-2-8(13-10)6-12-9-4-5-16(14,15)7-9/h1-3,9,12H,4-7H2. The summed E-state index contributed by atoms with van der Waals surface area (Å²) in [6, 6.07) is 5.77. The second kappa shape index (κ2) is 4.81. The topological polar surface area (TPSA) is 59.1 Å². The van der Waals surface area contributed by atoms with Gasteiger partial charge in [0.15, 0.2) is 9.84 Å². The molecule has 0 saturated carbocycles. The number of rotatable bonds is 3. The van der Waals surface area contributed by atoms with Crippen molar-refractivity contribution in [2.75, 3.05) is 11.5 Å². The van der Waals surface area contributed by atoms with Gasteiger partial charge in [-0.05, 0) is 34.5 Å². The van der Waals surface area contributed by atoms with Crippen molar-refractivity contribution in [2.45, 2.75) is 19.0 Å². The Hall–Kier alpha value is -0.460. The zero-order valence-corrected chi connectivity index (χ0v) is 11.1. The molecule has 0 aromatic carbocycles. The number of pyridine rings is 1. The third-order valence-corrected chi connectivity index (χ3v) is 4.79. The van der Waals surface area contributed by atoms with Crippen LogP contribution >= 0.6 is 15.9 Å². The highest BCUT2D eigenvalue weighted by molar-refractivity contribution is 9.10. The van der Waals surface area contributed by atoms with Crippen LogP contribution in [-0.2, 0) is 16.4 Å². The molecule has 0 radical (unpaired) electrons. The molecule has 1 aliphatic heterocycles. The molecule has 1 atom stereocenters. The quantitative estimate of drug-likeness (QED) is 0.850. The molecule has 4 nitrogen and oxygen atoms in total. The van der Waals surface area contributed by atoms with Crippen molar-refractivity contribution in [1.82, 2.24) is 10.3 Å². The predicted octanol–water partition coefficient (Wildman–Crippen LogP) is 1.12. The van der Waals surface area contributed by atoms with E-state index < -0.39 is 9.84 Å². The average molecular weight is 305 g/mol. The van der Waals surface area contributed by atoms with Crippen LogP contribution in [0.1, 0.15) is 12.1 Å². The van der Waals surface area contributed by atoms with Gasteiger partial charge >= 0.3 is 0 Å². The first-order valence-electron chi connectivity index (χ1n) is 5.10. The first-order valence-corrected chi connectivity index (χ1v) is 7.72. The van der Waals surface area contributed by atoms with E-state index in [2.05, 4.69) is 26.2 Å². The molecule has 0 bridgehead atoms. The van der Waals surface area contributed by atoms with Crippen LogP contribution in [0.2, 0.25) is 0 Å². The van der Waals surface area contributed by atoms with Gasteiger partial charge in [-0.25, -0.2) is 13.4 Å². The summed E-state index contributed by atoms with van der Waals surface area (Å²) in [7, 11) is -2.80. The van der Waals surface area contributed by atoms with Gasteiger partial charge in [0.1, 0.15) is 4.60 Å². The lowest BCUT2D eigenvalue weighted by atomic mass is 10.2. The fraction of sp³-hybridized carbons (Fsp3) is 0.500. The maximum atomic E-state index is 11.2. The lowest BCUT2D eigenvalue weighted by Crippen LogP contribution is -2.29. The van der Waals surface area contributed by atoms with Crippen LogP contribution in [0.3, 0.4) is 0 Å². The highest BCUT2D eigenvalue weighted by Crippen LogP contribution is 2.12. The van der Waals surface area contributed by atoms with E-state index in [9.17, 15) is 8.42 Å². The Kier molecular flexibility index (Phi) is 3.61. The van der Waals surface area contributed by atoms with Crippen LogP contribution in [0.15, 0.2) is 22.8 Å². The molecular weight excluding hydrogens is 292 g/mol. The van der Waals surface area contributed by atoms with E-state index in [0.29, 0.717) is 18.7 Å². The summed E-state index contributed by atoms with van der Waals surface area (Å²) in [6.07, 6.45) is 0.705. The molecule has 1 fully saturated rings. The van der Waals surface area contributed by atoms with Crippen LogP contribution in [0.5, 0.6) is 0 Å². The lowest BCUT2D eigenvalue weighted by molar-refractivity contribution is 0.548. The van der Waals surface area contributed by atoms with Gasteiger partial charge in [-0.3, -0.25) is 0 Å². The molecule has 88 valence electrons. The van der Waals surface area contributed by atoms with Crippen LogP contribution in [-0.4, -0.2) is 30.9 Å². The molecule has 6 heteroatoms. The first-order chi connectivity index (χ1) is 7.55. The summed E-state index contributed by atoms with van der Waals surface area (Å²) < 4.78 is 23.3. The third kappa shape index (κ3) is 3.26. The summed E-state index contributed by atoms with van der Waals surface area (Å²) in [6.45, 7) is 0.611. The highest BCUT2D eigenvalue weighted by Gasteiger charge is 2.27. The molecule has 0 spiro atoms. The van der Waals surface area contributed by atoms with Crippen LogP contribution in [0.25, 0.3) is 0 Å². The fourth-order valence-corrected chi connectivity index (χ4v) is 3.84. The first kappa shape index (κ1) is 12.0. The number of aromatic nitrogens is 1. The maximum absolute atomic E-state index is 11.2. The van der Waals surface area contributed by atoms with Crippen molar-refractivity contribution in [3.8, 4) is 0 Å². The van der Waals surface area contributed by atoms with Crippen LogP contribution in [0.4, 0.5) is 0 Å². The van der Waals surface area contributed by atoms with Crippen molar-refractivity contribution < 1.29 is 8.42 Å². The van der Waals surface area contributed by atoms with Crippen molar-refractivity contribution in [3.05, 3.63) is 28.5 Å². The van der Waals surface area contributed by atoms with Crippen LogP contribution < -0.4 is 5.32 Å². The van der Waals surface area contributed by atoms with Gasteiger partial charge in [0.05, 0.1) is 17.2 Å². The second-order valence-corrected chi connectivity index (χ2v) is 6.97. The molecule has 0 aliphatic carbocycles. The number of sulfone groups is 1. The van der Waals surface area contributed by atoms with E-state index in [4.69, 9.17) is 0 Å². The Balaban J connectivity index is 1.89. The lowest BCUT2D eigenvalue weighted by Gasteiger charge is -2.09. The van der Waals surface area contributed by atoms with E-state index >= 15 is 0 Å². The number of hydrogen-bond acceptors (Lipinski definition) is 4. The minimum atomic E-state index is -2.80. The largest absolute Gasteiger partial charge is 0.307 e. The monoisotopic (exact) mass is 304 g/mol. The Morgan fingerprint density at radius 2 is 2.31 bits per heavy atom. The molecule has 16 heavy (non-hydrogen) atoms. The van der Waals surface area contributed by atoms with Crippen molar-refractivity contribution in [1.29, 1.82) is 0 Å². The Morgan fingerprint density at radius 3 is 2.94 bits per heavy atom. The van der Waals surface area contributed by atoms with E-state index in [1.165, 1.54) is 0 Å². The molecule has 1 saturated heterocycles. The molecule has 0 amide bonds. The molecule has 2 rings (SSSR count). The Bertz CT molecular complexity index is 475. The highest BCUT2D eigenvalue weighted by atomic mass is 79.9. The van der Waals surface area contributed by atoms with Crippen molar-refractivity contribution in [3.63, 3.8) is 0 Å². The molecule has 1 aliphatic rings. The average Bonchev–Trinajstić information content (AvgIpc) is 2.56. The van der Waals surface area contributed by atoms with Gasteiger partial charge in [-0.1, -0.05) is 6.07 Å². The molecule has 1 N–H and O–H groups in total. The molecule has 2 heterocycles. The number of nitrogens with one attached hydrogen (secondary N) is 1. The zero-order chi connectivity index (χ0) is 11.6. The van der Waals surface area contributed by atoms with Gasteiger partial charge in [-0.15, -0.1) is 0 Å². The van der Waals surface area contributed by atoms with E-state index in [0.717, 1.165) is 10.3 Å². The molecule has 1 aromatic rings. The number of hydrogen-bond donors (Lipinski definition) is 1. The summed E-state index contributed by atoms with van der Waals surface area (Å²) in [5.74, 6) is 0.553. The molecule has 1 unspecified atom stereocenters. The van der Waals surface area contributed by atoms with E-state index in [1.807, 2.05) is 18.2 Å². The summed E-state index contributed by atoms with van der Waals surface area (Å²) >= 11 is 3.30. The third-order valence-electron chi connectivity index (χ3n) is 2.58. The van der Waals surface area contributed by atoms with Crippen LogP contribution in [0, 0.1) is 0 Å². The Morgan fingerprint density at radius 1 is 1.50 bits per heavy atom. The van der Waals surface area contributed by atoms with Gasteiger partial charge in [0.25, 0.3) is 0 Å². The normalized spacial score (nSPS) is 23.4. The number of halogens is 1. The van der Waals surface area contributed by atoms with Crippen molar-refractivity contribution in [2.24, 2.45) is 0 Å². The zero-order valence-electron chi connectivity index (χ0n) is 8.69.